The Morgan fingerprint density at radius 3 is 2.65 bits per heavy atom. The lowest BCUT2D eigenvalue weighted by atomic mass is 9.93. The van der Waals surface area contributed by atoms with E-state index in [1.165, 1.54) is 10.6 Å². The largest absolute Gasteiger partial charge is 0.494 e. The highest BCUT2D eigenvalue weighted by atomic mass is 32.2. The smallest absolute Gasteiger partial charge is 0.282 e. The van der Waals surface area contributed by atoms with Crippen LogP contribution < -0.4 is 9.46 Å². The molecular weight excluding hydrogens is 459 g/mol. The Bertz CT molecular complexity index is 1470. The van der Waals surface area contributed by atoms with Gasteiger partial charge in [0.2, 0.25) is 10.0 Å². The van der Waals surface area contributed by atoms with Crippen molar-refractivity contribution in [3.05, 3.63) is 83.3 Å². The second kappa shape index (κ2) is 9.26. The van der Waals surface area contributed by atoms with Crippen molar-refractivity contribution < 1.29 is 27.1 Å². The maximum atomic E-state index is 14.6. The number of benzene rings is 2. The minimum atomic E-state index is -3.91. The Kier molecular flexibility index (Phi) is 6.39. The molecule has 0 saturated heterocycles. The molecule has 0 unspecified atom stereocenters. The van der Waals surface area contributed by atoms with Gasteiger partial charge in [-0.15, -0.1) is 0 Å². The third-order valence-electron chi connectivity index (χ3n) is 5.40. The third kappa shape index (κ3) is 4.65. The van der Waals surface area contributed by atoms with E-state index < -0.39 is 21.7 Å². The highest BCUT2D eigenvalue weighted by molar-refractivity contribution is 7.89. The quantitative estimate of drug-likeness (QED) is 0.552. The number of rotatable bonds is 7. The van der Waals surface area contributed by atoms with E-state index in [9.17, 15) is 22.4 Å². The van der Waals surface area contributed by atoms with Crippen molar-refractivity contribution in [3.8, 4) is 5.75 Å². The van der Waals surface area contributed by atoms with Crippen molar-refractivity contribution in [2.24, 2.45) is 0 Å². The van der Waals surface area contributed by atoms with Crippen LogP contribution in [0.4, 0.5) is 4.39 Å². The zero-order valence-electron chi connectivity index (χ0n) is 18.7. The van der Waals surface area contributed by atoms with Crippen LogP contribution in [0.3, 0.4) is 0 Å². The van der Waals surface area contributed by atoms with Gasteiger partial charge in [0.05, 0.1) is 19.4 Å². The van der Waals surface area contributed by atoms with Crippen LogP contribution in [0, 0.1) is 5.82 Å². The second-order valence-corrected chi connectivity index (χ2v) is 9.60. The lowest BCUT2D eigenvalue weighted by molar-refractivity contribution is -0.113. The first-order valence-corrected chi connectivity index (χ1v) is 12.5. The van der Waals surface area contributed by atoms with E-state index in [-0.39, 0.29) is 35.6 Å². The van der Waals surface area contributed by atoms with Crippen LogP contribution in [0.15, 0.2) is 60.7 Å². The molecule has 1 amide bonds. The SMILES string of the molecule is CCOc1ccc2c(c1)c(C1=CC=CCC1=O)c(C(=O)NS(C)(=O)=O)n2Cc1ccccc1F. The zero-order valence-corrected chi connectivity index (χ0v) is 19.5. The fraction of sp³-hybridized carbons (Fsp3) is 0.200. The zero-order chi connectivity index (χ0) is 24.5. The van der Waals surface area contributed by atoms with Crippen LogP contribution in [0.1, 0.15) is 35.0 Å². The molecule has 3 aromatic rings. The Balaban J connectivity index is 2.07. The number of ether oxygens (including phenoxy) is 1. The first-order chi connectivity index (χ1) is 16.2. The number of hydrogen-bond acceptors (Lipinski definition) is 5. The molecule has 7 nitrogen and oxygen atoms in total. The number of ketones is 1. The van der Waals surface area contributed by atoms with Gasteiger partial charge in [-0.2, -0.15) is 0 Å². The molecule has 1 heterocycles. The monoisotopic (exact) mass is 482 g/mol. The van der Waals surface area contributed by atoms with E-state index in [1.807, 2.05) is 11.6 Å². The summed E-state index contributed by atoms with van der Waals surface area (Å²) >= 11 is 0. The highest BCUT2D eigenvalue weighted by Gasteiger charge is 2.30. The number of Topliss-reactive ketones (excluding diaryl/α,β-unsaturated/α-hetero) is 1. The van der Waals surface area contributed by atoms with Gasteiger partial charge >= 0.3 is 0 Å². The number of sulfonamides is 1. The minimum Gasteiger partial charge on any atom is -0.494 e. The van der Waals surface area contributed by atoms with Crippen molar-refractivity contribution in [3.63, 3.8) is 0 Å². The van der Waals surface area contributed by atoms with Crippen LogP contribution in [0.25, 0.3) is 16.5 Å². The van der Waals surface area contributed by atoms with E-state index in [0.717, 1.165) is 6.26 Å². The third-order valence-corrected chi connectivity index (χ3v) is 5.95. The van der Waals surface area contributed by atoms with Gasteiger partial charge in [0.25, 0.3) is 5.91 Å². The summed E-state index contributed by atoms with van der Waals surface area (Å²) in [5.74, 6) is -1.08. The second-order valence-electron chi connectivity index (χ2n) is 7.85. The molecule has 0 aliphatic heterocycles. The molecule has 2 aromatic carbocycles. The van der Waals surface area contributed by atoms with E-state index in [0.29, 0.717) is 28.8 Å². The van der Waals surface area contributed by atoms with E-state index in [4.69, 9.17) is 4.74 Å². The number of halogens is 1. The molecule has 176 valence electrons. The van der Waals surface area contributed by atoms with E-state index in [1.54, 1.807) is 54.6 Å². The molecule has 0 bridgehead atoms. The molecule has 1 aliphatic rings. The van der Waals surface area contributed by atoms with Crippen LogP contribution in [0.5, 0.6) is 5.75 Å². The molecular formula is C25H23FN2O5S. The van der Waals surface area contributed by atoms with E-state index in [2.05, 4.69) is 0 Å². The van der Waals surface area contributed by atoms with Crippen molar-refractivity contribution in [2.45, 2.75) is 19.9 Å². The maximum Gasteiger partial charge on any atom is 0.282 e. The lowest BCUT2D eigenvalue weighted by Crippen LogP contribution is -2.32. The normalized spacial score (nSPS) is 13.7. The lowest BCUT2D eigenvalue weighted by Gasteiger charge is -2.14. The molecule has 9 heteroatoms. The van der Waals surface area contributed by atoms with Crippen molar-refractivity contribution in [1.82, 2.24) is 9.29 Å². The number of carbonyl (C=O) groups is 2. The minimum absolute atomic E-state index is 0.0489. The average molecular weight is 483 g/mol. The van der Waals surface area contributed by atoms with E-state index >= 15 is 0 Å². The summed E-state index contributed by atoms with van der Waals surface area (Å²) < 4.78 is 47.6. The average Bonchev–Trinajstić information content (AvgIpc) is 3.08. The number of carbonyl (C=O) groups excluding carboxylic acids is 2. The first kappa shape index (κ1) is 23.4. The summed E-state index contributed by atoms with van der Waals surface area (Å²) in [5.41, 5.74) is 1.34. The number of amides is 1. The predicted molar refractivity (Wildman–Crippen MR) is 128 cm³/mol. The Morgan fingerprint density at radius 1 is 1.21 bits per heavy atom. The summed E-state index contributed by atoms with van der Waals surface area (Å²) in [5, 5.41) is 0.524. The molecule has 0 saturated carbocycles. The van der Waals surface area contributed by atoms with Crippen LogP contribution in [0.2, 0.25) is 0 Å². The highest BCUT2D eigenvalue weighted by Crippen LogP contribution is 2.37. The van der Waals surface area contributed by atoms with Gasteiger partial charge in [-0.3, -0.25) is 9.59 Å². The molecule has 0 radical (unpaired) electrons. The van der Waals surface area contributed by atoms with Crippen molar-refractivity contribution in [1.29, 1.82) is 0 Å². The van der Waals surface area contributed by atoms with Gasteiger partial charge < -0.3 is 9.30 Å². The summed E-state index contributed by atoms with van der Waals surface area (Å²) in [7, 11) is -3.91. The summed E-state index contributed by atoms with van der Waals surface area (Å²) in [6.07, 6.45) is 6.02. The maximum absolute atomic E-state index is 14.6. The Hall–Kier alpha value is -3.72. The number of allylic oxidation sites excluding steroid dienone is 4. The van der Waals surface area contributed by atoms with Crippen LogP contribution >= 0.6 is 0 Å². The molecule has 0 fully saturated rings. The molecule has 4 rings (SSSR count). The van der Waals surface area contributed by atoms with Crippen LogP contribution in [-0.2, 0) is 21.4 Å². The molecule has 1 N–H and O–H groups in total. The number of nitrogens with one attached hydrogen (secondary N) is 1. The number of fused-ring (bicyclic) bond motifs is 1. The number of aromatic nitrogens is 1. The topological polar surface area (TPSA) is 94.5 Å². The van der Waals surface area contributed by atoms with Gasteiger partial charge in [-0.05, 0) is 31.2 Å². The summed E-state index contributed by atoms with van der Waals surface area (Å²) in [6.45, 7) is 2.18. The van der Waals surface area contributed by atoms with Crippen LogP contribution in [-0.4, -0.2) is 37.5 Å². The molecule has 0 spiro atoms. The first-order valence-electron chi connectivity index (χ1n) is 10.6. The predicted octanol–water partition coefficient (Wildman–Crippen LogP) is 3.83. The van der Waals surface area contributed by atoms with Gasteiger partial charge in [0, 0.05) is 34.0 Å². The van der Waals surface area contributed by atoms with Gasteiger partial charge in [0.1, 0.15) is 17.3 Å². The molecule has 1 aromatic heterocycles. The van der Waals surface area contributed by atoms with Crippen molar-refractivity contribution in [2.75, 3.05) is 12.9 Å². The molecule has 1 aliphatic carbocycles. The van der Waals surface area contributed by atoms with Gasteiger partial charge in [-0.1, -0.05) is 36.4 Å². The Labute approximate surface area is 196 Å². The summed E-state index contributed by atoms with van der Waals surface area (Å²) in [6, 6.07) is 11.3. The number of nitrogens with zero attached hydrogens (tertiary/aromatic N) is 1. The van der Waals surface area contributed by atoms with Gasteiger partial charge in [-0.25, -0.2) is 17.5 Å². The molecule has 0 atom stereocenters. The standard InChI is InChI=1S/C25H23FN2O5S/c1-3-33-17-12-13-21-19(14-17)23(18-9-5-7-11-22(18)29)24(25(30)27-34(2,31)32)28(21)15-16-8-4-6-10-20(16)26/h4-10,12-14H,3,11,15H2,1-2H3,(H,27,30). The van der Waals surface area contributed by atoms with Gasteiger partial charge in [0.15, 0.2) is 5.78 Å². The van der Waals surface area contributed by atoms with Crippen molar-refractivity contribution >= 4 is 38.2 Å². The Morgan fingerprint density at radius 2 is 1.97 bits per heavy atom. The fourth-order valence-corrected chi connectivity index (χ4v) is 4.48. The molecule has 34 heavy (non-hydrogen) atoms. The summed E-state index contributed by atoms with van der Waals surface area (Å²) in [4.78, 5) is 26.2. The number of hydrogen-bond donors (Lipinski definition) is 1. The fourth-order valence-electron chi connectivity index (χ4n) is 4.04.